The van der Waals surface area contributed by atoms with Crippen LogP contribution in [0.3, 0.4) is 0 Å². The minimum absolute atomic E-state index is 0.297. The molecule has 57 heavy (non-hydrogen) atoms. The summed E-state index contributed by atoms with van der Waals surface area (Å²) in [5.74, 6) is 0. The molecule has 7 aromatic rings. The van der Waals surface area contributed by atoms with E-state index in [1.807, 2.05) is 72.8 Å². The first kappa shape index (κ1) is 39.0. The van der Waals surface area contributed by atoms with E-state index >= 15 is 0 Å². The van der Waals surface area contributed by atoms with Gasteiger partial charge in [-0.15, -0.1) is 0 Å². The molecule has 1 aliphatic heterocycles. The number of benzene rings is 6. The standard InChI is InChI=1S/C50H48BrNO5/c1-36-15-14-24-44-46(36)42(29-37-25-27-43(51)28-26-37)30-52(44)50-49(56-34-41-22-12-5-13-23-41)48(55-33-40-20-10-4-11-21-40)47(54-32-39-18-8-3-9-19-39)45(57-50)35-53-31-38-16-6-2-7-17-38/h2-28,30,45,47-50H,29,31-35H2,1H3/t45-,47-,48+,49-,50-/m1/s1. The Morgan fingerprint density at radius 3 is 1.60 bits per heavy atom. The molecule has 6 nitrogen and oxygen atoms in total. The summed E-state index contributed by atoms with van der Waals surface area (Å²) >= 11 is 3.61. The highest BCUT2D eigenvalue weighted by Gasteiger charge is 2.49. The maximum atomic E-state index is 7.32. The highest BCUT2D eigenvalue weighted by molar-refractivity contribution is 9.10. The van der Waals surface area contributed by atoms with Crippen molar-refractivity contribution < 1.29 is 23.7 Å². The molecule has 7 heteroatoms. The highest BCUT2D eigenvalue weighted by Crippen LogP contribution is 2.39. The van der Waals surface area contributed by atoms with Gasteiger partial charge in [0.05, 0.1) is 38.6 Å². The summed E-state index contributed by atoms with van der Waals surface area (Å²) in [6.45, 7) is 4.07. The van der Waals surface area contributed by atoms with Crippen LogP contribution >= 0.6 is 15.9 Å². The molecule has 0 saturated carbocycles. The Morgan fingerprint density at radius 2 is 1.04 bits per heavy atom. The number of ether oxygens (including phenoxy) is 5. The number of fused-ring (bicyclic) bond motifs is 1. The topological polar surface area (TPSA) is 51.1 Å². The lowest BCUT2D eigenvalue weighted by molar-refractivity contribution is -0.289. The van der Waals surface area contributed by atoms with Gasteiger partial charge in [0.1, 0.15) is 24.4 Å². The van der Waals surface area contributed by atoms with Crippen LogP contribution < -0.4 is 0 Å². The number of nitrogens with zero attached hydrogens (tertiary/aromatic N) is 1. The van der Waals surface area contributed by atoms with Gasteiger partial charge >= 0.3 is 0 Å². The third-order valence-corrected chi connectivity index (χ3v) is 11.1. The quantitative estimate of drug-likeness (QED) is 0.0972. The molecule has 1 aliphatic rings. The second-order valence-corrected chi connectivity index (χ2v) is 15.6. The summed E-state index contributed by atoms with van der Waals surface area (Å²) in [5.41, 5.74) is 9.03. The van der Waals surface area contributed by atoms with Crippen molar-refractivity contribution in [3.8, 4) is 0 Å². The zero-order chi connectivity index (χ0) is 38.8. The van der Waals surface area contributed by atoms with E-state index in [9.17, 15) is 0 Å². The third kappa shape index (κ3) is 9.82. The molecule has 0 spiro atoms. The summed E-state index contributed by atoms with van der Waals surface area (Å²) in [6.07, 6.45) is 0.355. The number of aromatic nitrogens is 1. The molecule has 2 heterocycles. The number of hydrogen-bond donors (Lipinski definition) is 0. The molecular weight excluding hydrogens is 774 g/mol. The average molecular weight is 823 g/mol. The van der Waals surface area contributed by atoms with Crippen LogP contribution in [0.4, 0.5) is 0 Å². The largest absolute Gasteiger partial charge is 0.374 e. The van der Waals surface area contributed by atoms with E-state index in [2.05, 4.69) is 125 Å². The summed E-state index contributed by atoms with van der Waals surface area (Å²) in [6, 6.07) is 56.1. The molecule has 0 aliphatic carbocycles. The Labute approximate surface area is 344 Å². The van der Waals surface area contributed by atoms with E-state index in [4.69, 9.17) is 23.7 Å². The maximum Gasteiger partial charge on any atom is 0.163 e. The zero-order valence-corrected chi connectivity index (χ0v) is 33.7. The van der Waals surface area contributed by atoms with Crippen LogP contribution in [0.2, 0.25) is 0 Å². The Morgan fingerprint density at radius 1 is 0.526 bits per heavy atom. The summed E-state index contributed by atoms with van der Waals surface area (Å²) in [4.78, 5) is 0. The Hall–Kier alpha value is -4.86. The first-order valence-corrected chi connectivity index (χ1v) is 20.5. The van der Waals surface area contributed by atoms with E-state index in [0.29, 0.717) is 33.0 Å². The zero-order valence-electron chi connectivity index (χ0n) is 32.2. The van der Waals surface area contributed by atoms with E-state index in [1.165, 1.54) is 22.1 Å². The van der Waals surface area contributed by atoms with E-state index in [0.717, 1.165) is 38.7 Å². The fourth-order valence-corrected chi connectivity index (χ4v) is 8.01. The van der Waals surface area contributed by atoms with Crippen molar-refractivity contribution in [2.24, 2.45) is 0 Å². The van der Waals surface area contributed by atoms with Crippen LogP contribution in [0.5, 0.6) is 0 Å². The maximum absolute atomic E-state index is 7.32. The Bertz CT molecular complexity index is 2280. The van der Waals surface area contributed by atoms with Crippen LogP contribution in [0.25, 0.3) is 10.9 Å². The van der Waals surface area contributed by atoms with Crippen LogP contribution in [-0.2, 0) is 56.5 Å². The third-order valence-electron chi connectivity index (χ3n) is 10.6. The lowest BCUT2D eigenvalue weighted by atomic mass is 9.96. The predicted octanol–water partition coefficient (Wildman–Crippen LogP) is 11.2. The molecule has 1 aromatic heterocycles. The van der Waals surface area contributed by atoms with Gasteiger partial charge in [-0.05, 0) is 70.5 Å². The van der Waals surface area contributed by atoms with Gasteiger partial charge in [-0.3, -0.25) is 0 Å². The summed E-state index contributed by atoms with van der Waals surface area (Å²) < 4.78 is 38.2. The SMILES string of the molecule is Cc1cccc2c1c(Cc1ccc(Br)cc1)cn2[C@@H]1O[C@H](COCc2ccccc2)[C@@H](OCc2ccccc2)[C@H](OCc2ccccc2)[C@H]1OCc1ccccc1. The van der Waals surface area contributed by atoms with Gasteiger partial charge in [0.25, 0.3) is 0 Å². The van der Waals surface area contributed by atoms with Crippen LogP contribution in [0, 0.1) is 6.92 Å². The van der Waals surface area contributed by atoms with Crippen molar-refractivity contribution in [2.75, 3.05) is 6.61 Å². The first-order chi connectivity index (χ1) is 28.1. The lowest BCUT2D eigenvalue weighted by Gasteiger charge is -2.46. The van der Waals surface area contributed by atoms with Crippen LogP contribution in [-0.4, -0.2) is 35.6 Å². The molecule has 5 atom stereocenters. The van der Waals surface area contributed by atoms with E-state index in [-0.39, 0.29) is 0 Å². The van der Waals surface area contributed by atoms with Crippen molar-refractivity contribution in [1.29, 1.82) is 0 Å². The fourth-order valence-electron chi connectivity index (χ4n) is 7.74. The molecule has 0 N–H and O–H groups in total. The molecule has 0 radical (unpaired) electrons. The first-order valence-electron chi connectivity index (χ1n) is 19.7. The van der Waals surface area contributed by atoms with Gasteiger partial charge in [-0.1, -0.05) is 162 Å². The monoisotopic (exact) mass is 821 g/mol. The fraction of sp³-hybridized carbons (Fsp3) is 0.240. The molecule has 0 amide bonds. The summed E-state index contributed by atoms with van der Waals surface area (Å²) in [5, 5.41) is 1.21. The number of rotatable bonds is 16. The minimum Gasteiger partial charge on any atom is -0.374 e. The molecular formula is C50H48BrNO5. The smallest absolute Gasteiger partial charge is 0.163 e. The second kappa shape index (κ2) is 19.1. The highest BCUT2D eigenvalue weighted by atomic mass is 79.9. The number of halogens is 1. The normalized spacial score (nSPS) is 19.5. The van der Waals surface area contributed by atoms with Gasteiger partial charge in [0.2, 0.25) is 0 Å². The average Bonchev–Trinajstić information content (AvgIpc) is 3.62. The Balaban J connectivity index is 1.22. The van der Waals surface area contributed by atoms with Gasteiger partial charge < -0.3 is 28.3 Å². The van der Waals surface area contributed by atoms with Crippen LogP contribution in [0.15, 0.2) is 174 Å². The molecule has 0 unspecified atom stereocenters. The number of aryl methyl sites for hydroxylation is 1. The molecule has 290 valence electrons. The Kier molecular flexibility index (Phi) is 13.0. The van der Waals surface area contributed by atoms with Gasteiger partial charge in [0, 0.05) is 16.1 Å². The van der Waals surface area contributed by atoms with Gasteiger partial charge in [-0.2, -0.15) is 0 Å². The minimum atomic E-state index is -0.570. The van der Waals surface area contributed by atoms with Crippen molar-refractivity contribution in [2.45, 2.75) is 70.4 Å². The summed E-state index contributed by atoms with van der Waals surface area (Å²) in [7, 11) is 0. The molecule has 8 rings (SSSR count). The van der Waals surface area contributed by atoms with Crippen LogP contribution in [0.1, 0.15) is 45.2 Å². The van der Waals surface area contributed by atoms with Crippen molar-refractivity contribution >= 4 is 26.8 Å². The van der Waals surface area contributed by atoms with Crippen molar-refractivity contribution in [3.63, 3.8) is 0 Å². The number of hydrogen-bond acceptors (Lipinski definition) is 5. The molecule has 0 bridgehead atoms. The lowest BCUT2D eigenvalue weighted by Crippen LogP contribution is -2.59. The molecule has 1 fully saturated rings. The van der Waals surface area contributed by atoms with Crippen molar-refractivity contribution in [3.05, 3.63) is 213 Å². The second-order valence-electron chi connectivity index (χ2n) is 14.7. The van der Waals surface area contributed by atoms with E-state index in [1.54, 1.807) is 0 Å². The van der Waals surface area contributed by atoms with E-state index < -0.39 is 30.6 Å². The molecule has 6 aromatic carbocycles. The van der Waals surface area contributed by atoms with Gasteiger partial charge in [0.15, 0.2) is 6.23 Å². The van der Waals surface area contributed by atoms with Gasteiger partial charge in [-0.25, -0.2) is 0 Å². The molecule has 1 saturated heterocycles. The van der Waals surface area contributed by atoms with Crippen molar-refractivity contribution in [1.82, 2.24) is 4.57 Å². The predicted molar refractivity (Wildman–Crippen MR) is 229 cm³/mol.